The smallest absolute Gasteiger partial charge is 0.319 e. The Bertz CT molecular complexity index is 568. The molecule has 0 atom stereocenters. The Hall–Kier alpha value is -1.70. The third-order valence-electron chi connectivity index (χ3n) is 3.60. The number of carboxylic acids is 1. The molecule has 21 heavy (non-hydrogen) atoms. The lowest BCUT2D eigenvalue weighted by molar-refractivity contribution is -0.153. The molecule has 0 aromatic heterocycles. The fourth-order valence-electron chi connectivity index (χ4n) is 2.14. The molecule has 2 amide bonds. The van der Waals surface area contributed by atoms with E-state index >= 15 is 0 Å². The van der Waals surface area contributed by atoms with Gasteiger partial charge in [-0.15, -0.1) is 0 Å². The zero-order valence-corrected chi connectivity index (χ0v) is 12.5. The monoisotopic (exact) mass is 362 g/mol. The van der Waals surface area contributed by atoms with Crippen molar-refractivity contribution in [3.8, 4) is 0 Å². The Morgan fingerprint density at radius 3 is 2.29 bits per heavy atom. The van der Waals surface area contributed by atoms with Crippen molar-refractivity contribution in [1.29, 1.82) is 0 Å². The maximum atomic E-state index is 13.5. The van der Waals surface area contributed by atoms with E-state index in [1.54, 1.807) is 0 Å². The zero-order valence-electron chi connectivity index (χ0n) is 10.9. The predicted octanol–water partition coefficient (Wildman–Crippen LogP) is 3.10. The molecule has 8 heteroatoms. The lowest BCUT2D eigenvalue weighted by Crippen LogP contribution is -2.48. The van der Waals surface area contributed by atoms with Gasteiger partial charge in [0.05, 0.1) is 5.41 Å². The molecule has 0 saturated heterocycles. The highest BCUT2D eigenvalue weighted by Gasteiger charge is 2.44. The minimum Gasteiger partial charge on any atom is -0.481 e. The SMILES string of the molecule is O=C(NCC1(C(=O)O)CCC1)Nc1c(F)cc(Br)cc1F. The van der Waals surface area contributed by atoms with Crippen LogP contribution in [-0.2, 0) is 4.79 Å². The van der Waals surface area contributed by atoms with Crippen LogP contribution in [0, 0.1) is 17.0 Å². The van der Waals surface area contributed by atoms with Crippen LogP contribution in [0.15, 0.2) is 16.6 Å². The van der Waals surface area contributed by atoms with E-state index in [0.717, 1.165) is 18.6 Å². The number of aliphatic carboxylic acids is 1. The summed E-state index contributed by atoms with van der Waals surface area (Å²) in [7, 11) is 0. The molecule has 0 heterocycles. The van der Waals surface area contributed by atoms with E-state index in [9.17, 15) is 18.4 Å². The van der Waals surface area contributed by atoms with Crippen LogP contribution in [0.5, 0.6) is 0 Å². The van der Waals surface area contributed by atoms with Crippen LogP contribution in [0.1, 0.15) is 19.3 Å². The number of carboxylic acid groups (broad SMARTS) is 1. The molecule has 1 saturated carbocycles. The van der Waals surface area contributed by atoms with Crippen LogP contribution in [-0.4, -0.2) is 23.7 Å². The lowest BCUT2D eigenvalue weighted by atomic mass is 9.69. The average molecular weight is 363 g/mol. The van der Waals surface area contributed by atoms with Gasteiger partial charge in [0.15, 0.2) is 11.6 Å². The first-order valence-corrected chi connectivity index (χ1v) is 7.06. The second-order valence-corrected chi connectivity index (χ2v) is 5.91. The summed E-state index contributed by atoms with van der Waals surface area (Å²) in [6, 6.07) is 1.19. The maximum absolute atomic E-state index is 13.5. The summed E-state index contributed by atoms with van der Waals surface area (Å²) in [5.74, 6) is -2.82. The number of hydrogen-bond donors (Lipinski definition) is 3. The van der Waals surface area contributed by atoms with Gasteiger partial charge in [0.1, 0.15) is 5.69 Å². The summed E-state index contributed by atoms with van der Waals surface area (Å²) in [4.78, 5) is 22.8. The molecule has 1 aromatic carbocycles. The quantitative estimate of drug-likeness (QED) is 0.769. The largest absolute Gasteiger partial charge is 0.481 e. The van der Waals surface area contributed by atoms with Gasteiger partial charge in [0.25, 0.3) is 0 Å². The molecule has 0 radical (unpaired) electrons. The minimum atomic E-state index is -0.977. The van der Waals surface area contributed by atoms with Crippen LogP contribution in [0.4, 0.5) is 19.3 Å². The zero-order chi connectivity index (χ0) is 15.6. The van der Waals surface area contributed by atoms with Crippen molar-refractivity contribution in [2.45, 2.75) is 19.3 Å². The van der Waals surface area contributed by atoms with Crippen LogP contribution in [0.3, 0.4) is 0 Å². The number of halogens is 3. The van der Waals surface area contributed by atoms with Gasteiger partial charge in [-0.2, -0.15) is 0 Å². The Morgan fingerprint density at radius 2 is 1.86 bits per heavy atom. The molecule has 0 bridgehead atoms. The third kappa shape index (κ3) is 3.31. The van der Waals surface area contributed by atoms with Crippen molar-refractivity contribution >= 4 is 33.6 Å². The molecular formula is C13H13BrF2N2O3. The predicted molar refractivity (Wildman–Crippen MR) is 75.0 cm³/mol. The summed E-state index contributed by atoms with van der Waals surface area (Å²) in [5, 5.41) is 13.5. The first-order chi connectivity index (χ1) is 9.84. The summed E-state index contributed by atoms with van der Waals surface area (Å²) < 4.78 is 27.3. The van der Waals surface area contributed by atoms with Crippen molar-refractivity contribution in [2.75, 3.05) is 11.9 Å². The Balaban J connectivity index is 1.98. The van der Waals surface area contributed by atoms with E-state index < -0.39 is 34.7 Å². The normalized spacial score (nSPS) is 16.0. The number of carbonyl (C=O) groups excluding carboxylic acids is 1. The number of amides is 2. The van der Waals surface area contributed by atoms with Crippen LogP contribution in [0.25, 0.3) is 0 Å². The van der Waals surface area contributed by atoms with Crippen molar-refractivity contribution in [2.24, 2.45) is 5.41 Å². The first-order valence-electron chi connectivity index (χ1n) is 6.27. The highest BCUT2D eigenvalue weighted by Crippen LogP contribution is 2.40. The fourth-order valence-corrected chi connectivity index (χ4v) is 2.54. The average Bonchev–Trinajstić information content (AvgIpc) is 2.31. The number of anilines is 1. The molecule has 1 aromatic rings. The molecule has 1 fully saturated rings. The van der Waals surface area contributed by atoms with Crippen LogP contribution in [0.2, 0.25) is 0 Å². The molecule has 114 valence electrons. The number of nitrogens with one attached hydrogen (secondary N) is 2. The maximum Gasteiger partial charge on any atom is 0.319 e. The van der Waals surface area contributed by atoms with Crippen molar-refractivity contribution in [1.82, 2.24) is 5.32 Å². The van der Waals surface area contributed by atoms with Gasteiger partial charge in [0.2, 0.25) is 0 Å². The summed E-state index contributed by atoms with van der Waals surface area (Å²) in [5.41, 5.74) is -1.54. The van der Waals surface area contributed by atoms with Crippen molar-refractivity contribution in [3.63, 3.8) is 0 Å². The van der Waals surface area contributed by atoms with E-state index in [2.05, 4.69) is 26.6 Å². The fraction of sp³-hybridized carbons (Fsp3) is 0.385. The van der Waals surface area contributed by atoms with E-state index in [-0.39, 0.29) is 11.0 Å². The molecule has 2 rings (SSSR count). The molecule has 0 aliphatic heterocycles. The van der Waals surface area contributed by atoms with E-state index in [4.69, 9.17) is 5.11 Å². The van der Waals surface area contributed by atoms with Gasteiger partial charge >= 0.3 is 12.0 Å². The number of hydrogen-bond acceptors (Lipinski definition) is 2. The van der Waals surface area contributed by atoms with Gasteiger partial charge in [-0.05, 0) is 25.0 Å². The summed E-state index contributed by atoms with van der Waals surface area (Å²) >= 11 is 2.93. The molecule has 3 N–H and O–H groups in total. The van der Waals surface area contributed by atoms with Gasteiger partial charge in [0, 0.05) is 11.0 Å². The lowest BCUT2D eigenvalue weighted by Gasteiger charge is -2.37. The first kappa shape index (κ1) is 15.7. The molecule has 0 unspecified atom stereocenters. The molecule has 1 aliphatic carbocycles. The minimum absolute atomic E-state index is 0.0755. The summed E-state index contributed by atoms with van der Waals surface area (Å²) in [6.45, 7) is -0.0755. The number of rotatable bonds is 4. The topological polar surface area (TPSA) is 78.4 Å². The molecular weight excluding hydrogens is 350 g/mol. The Morgan fingerprint density at radius 1 is 1.29 bits per heavy atom. The molecule has 1 aliphatic rings. The second-order valence-electron chi connectivity index (χ2n) is 4.99. The van der Waals surface area contributed by atoms with E-state index in [1.807, 2.05) is 0 Å². The summed E-state index contributed by atoms with van der Waals surface area (Å²) in [6.07, 6.45) is 1.73. The van der Waals surface area contributed by atoms with Crippen LogP contribution < -0.4 is 10.6 Å². The van der Waals surface area contributed by atoms with E-state index in [0.29, 0.717) is 12.8 Å². The molecule has 0 spiro atoms. The Labute approximate surface area is 127 Å². The number of carbonyl (C=O) groups is 2. The highest BCUT2D eigenvalue weighted by atomic mass is 79.9. The Kier molecular flexibility index (Phi) is 4.46. The standard InChI is InChI=1S/C13H13BrF2N2O3/c14-7-4-8(15)10(9(16)5-7)18-12(21)17-6-13(11(19)20)2-1-3-13/h4-5H,1-3,6H2,(H,19,20)(H2,17,18,21). The van der Waals surface area contributed by atoms with Gasteiger partial charge in [-0.25, -0.2) is 13.6 Å². The van der Waals surface area contributed by atoms with Gasteiger partial charge < -0.3 is 15.7 Å². The number of urea groups is 1. The number of benzene rings is 1. The third-order valence-corrected chi connectivity index (χ3v) is 4.05. The van der Waals surface area contributed by atoms with Crippen LogP contribution >= 0.6 is 15.9 Å². The second kappa shape index (κ2) is 5.97. The highest BCUT2D eigenvalue weighted by molar-refractivity contribution is 9.10. The van der Waals surface area contributed by atoms with Crippen molar-refractivity contribution < 1.29 is 23.5 Å². The van der Waals surface area contributed by atoms with E-state index in [1.165, 1.54) is 0 Å². The van der Waals surface area contributed by atoms with Gasteiger partial charge in [-0.1, -0.05) is 22.4 Å². The molecule has 5 nitrogen and oxygen atoms in total. The van der Waals surface area contributed by atoms with Crippen molar-refractivity contribution in [3.05, 3.63) is 28.2 Å². The van der Waals surface area contributed by atoms with Gasteiger partial charge in [-0.3, -0.25) is 4.79 Å².